The molecule has 0 radical (unpaired) electrons. The first kappa shape index (κ1) is 11.7. The monoisotopic (exact) mass is 237 g/mol. The summed E-state index contributed by atoms with van der Waals surface area (Å²) in [4.78, 5) is 22.8. The fourth-order valence-corrected chi connectivity index (χ4v) is 2.28. The summed E-state index contributed by atoms with van der Waals surface area (Å²) in [5.41, 5.74) is 0.878. The fraction of sp³-hybridized carbons (Fsp3) is 0.500. The van der Waals surface area contributed by atoms with Gasteiger partial charge in [0.1, 0.15) is 0 Å². The Bertz CT molecular complexity index is 399. The van der Waals surface area contributed by atoms with Gasteiger partial charge in [-0.2, -0.15) is 0 Å². The lowest BCUT2D eigenvalue weighted by atomic mass is 9.95. The molecule has 0 aromatic carbocycles. The lowest BCUT2D eigenvalue weighted by Gasteiger charge is -2.15. The molecule has 1 aliphatic rings. The predicted octanol–water partition coefficient (Wildman–Crippen LogP) is 1.40. The number of rotatable bonds is 4. The van der Waals surface area contributed by atoms with Gasteiger partial charge in [0.2, 0.25) is 5.91 Å². The van der Waals surface area contributed by atoms with Crippen molar-refractivity contribution in [2.75, 3.05) is 0 Å². The zero-order valence-corrected chi connectivity index (χ0v) is 9.39. The van der Waals surface area contributed by atoms with Gasteiger partial charge in [-0.15, -0.1) is 0 Å². The van der Waals surface area contributed by atoms with Gasteiger partial charge in [0.25, 0.3) is 0 Å². The molecule has 2 rings (SSSR count). The molecule has 0 bridgehead atoms. The maximum Gasteiger partial charge on any atom is 0.307 e. The van der Waals surface area contributed by atoms with E-state index in [9.17, 15) is 9.59 Å². The molecule has 1 heterocycles. The summed E-state index contributed by atoms with van der Waals surface area (Å²) in [5, 5.41) is 11.7. The third kappa shape index (κ3) is 2.67. The minimum Gasteiger partial charge on any atom is -0.481 e. The maximum absolute atomic E-state index is 11.9. The second kappa shape index (κ2) is 5.03. The first-order valence-corrected chi connectivity index (χ1v) is 5.70. The summed E-state index contributed by atoms with van der Waals surface area (Å²) in [5.74, 6) is -1.96. The Balaban J connectivity index is 1.89. The van der Waals surface area contributed by atoms with Gasteiger partial charge in [-0.1, -0.05) is 6.42 Å². The molecular weight excluding hydrogens is 222 g/mol. The fourth-order valence-electron chi connectivity index (χ4n) is 2.28. The molecule has 2 atom stereocenters. The Labute approximate surface area is 98.8 Å². The largest absolute Gasteiger partial charge is 0.481 e. The highest BCUT2D eigenvalue weighted by atomic mass is 16.4. The predicted molar refractivity (Wildman–Crippen MR) is 59.0 cm³/mol. The van der Waals surface area contributed by atoms with E-state index in [0.717, 1.165) is 12.0 Å². The molecule has 0 unspecified atom stereocenters. The van der Waals surface area contributed by atoms with Crippen LogP contribution in [0, 0.1) is 11.8 Å². The zero-order chi connectivity index (χ0) is 12.3. The van der Waals surface area contributed by atoms with E-state index in [2.05, 4.69) is 5.32 Å². The van der Waals surface area contributed by atoms with E-state index < -0.39 is 11.9 Å². The second-order valence-electron chi connectivity index (χ2n) is 4.33. The summed E-state index contributed by atoms with van der Waals surface area (Å²) in [7, 11) is 0. The molecule has 92 valence electrons. The van der Waals surface area contributed by atoms with Gasteiger partial charge in [0, 0.05) is 12.1 Å². The normalized spacial score (nSPS) is 23.5. The minimum absolute atomic E-state index is 0.170. The lowest BCUT2D eigenvalue weighted by molar-refractivity contribution is -0.146. The Morgan fingerprint density at radius 1 is 1.41 bits per heavy atom. The molecular formula is C12H15NO4. The summed E-state index contributed by atoms with van der Waals surface area (Å²) in [6.45, 7) is 0.387. The van der Waals surface area contributed by atoms with Crippen LogP contribution in [0.2, 0.25) is 0 Å². The van der Waals surface area contributed by atoms with Gasteiger partial charge in [0.15, 0.2) is 0 Å². The number of carboxylic acid groups (broad SMARTS) is 1. The van der Waals surface area contributed by atoms with Gasteiger partial charge < -0.3 is 14.8 Å². The molecule has 1 aliphatic carbocycles. The van der Waals surface area contributed by atoms with Crippen LogP contribution < -0.4 is 5.32 Å². The molecule has 0 saturated heterocycles. The topological polar surface area (TPSA) is 79.5 Å². The van der Waals surface area contributed by atoms with Crippen molar-refractivity contribution in [2.45, 2.75) is 25.8 Å². The number of amides is 1. The van der Waals surface area contributed by atoms with E-state index in [1.165, 1.54) is 6.26 Å². The summed E-state index contributed by atoms with van der Waals surface area (Å²) in [6, 6.07) is 1.77. The number of carboxylic acids is 1. The lowest BCUT2D eigenvalue weighted by Crippen LogP contribution is -2.34. The average Bonchev–Trinajstić information content (AvgIpc) is 2.96. The van der Waals surface area contributed by atoms with Gasteiger partial charge in [-0.3, -0.25) is 9.59 Å². The van der Waals surface area contributed by atoms with Crippen molar-refractivity contribution < 1.29 is 19.1 Å². The molecule has 1 saturated carbocycles. The molecule has 1 aromatic heterocycles. The third-order valence-corrected chi connectivity index (χ3v) is 3.22. The number of nitrogens with one attached hydrogen (secondary N) is 1. The Morgan fingerprint density at radius 2 is 2.18 bits per heavy atom. The van der Waals surface area contributed by atoms with Gasteiger partial charge >= 0.3 is 5.97 Å². The highest BCUT2D eigenvalue weighted by molar-refractivity contribution is 5.85. The number of furan rings is 1. The molecule has 17 heavy (non-hydrogen) atoms. The van der Waals surface area contributed by atoms with E-state index in [4.69, 9.17) is 9.52 Å². The van der Waals surface area contributed by atoms with Crippen molar-refractivity contribution in [3.8, 4) is 0 Å². The molecule has 5 heteroatoms. The molecule has 1 aromatic rings. The second-order valence-corrected chi connectivity index (χ2v) is 4.33. The summed E-state index contributed by atoms with van der Waals surface area (Å²) in [6.07, 6.45) is 5.16. The first-order valence-electron chi connectivity index (χ1n) is 5.70. The Kier molecular flexibility index (Phi) is 3.46. The summed E-state index contributed by atoms with van der Waals surface area (Å²) >= 11 is 0. The average molecular weight is 237 g/mol. The highest BCUT2D eigenvalue weighted by Gasteiger charge is 2.37. The van der Waals surface area contributed by atoms with Crippen LogP contribution in [0.1, 0.15) is 24.8 Å². The smallest absolute Gasteiger partial charge is 0.307 e. The first-order chi connectivity index (χ1) is 8.18. The molecule has 1 fully saturated rings. The van der Waals surface area contributed by atoms with Crippen LogP contribution in [0.3, 0.4) is 0 Å². The van der Waals surface area contributed by atoms with Gasteiger partial charge in [0.05, 0.1) is 24.4 Å². The van der Waals surface area contributed by atoms with E-state index in [-0.39, 0.29) is 11.8 Å². The number of carbonyl (C=O) groups excluding carboxylic acids is 1. The number of aliphatic carboxylic acids is 1. The van der Waals surface area contributed by atoms with Crippen LogP contribution in [0.15, 0.2) is 23.0 Å². The Hall–Kier alpha value is -1.78. The van der Waals surface area contributed by atoms with Crippen LogP contribution >= 0.6 is 0 Å². The van der Waals surface area contributed by atoms with E-state index >= 15 is 0 Å². The molecule has 1 amide bonds. The molecule has 0 spiro atoms. The highest BCUT2D eigenvalue weighted by Crippen LogP contribution is 2.32. The van der Waals surface area contributed by atoms with Crippen LogP contribution in [-0.2, 0) is 16.1 Å². The van der Waals surface area contributed by atoms with Crippen molar-refractivity contribution in [1.82, 2.24) is 5.32 Å². The van der Waals surface area contributed by atoms with Gasteiger partial charge in [-0.05, 0) is 18.9 Å². The van der Waals surface area contributed by atoms with E-state index in [1.54, 1.807) is 12.3 Å². The quantitative estimate of drug-likeness (QED) is 0.829. The van der Waals surface area contributed by atoms with Crippen molar-refractivity contribution in [2.24, 2.45) is 11.8 Å². The molecule has 2 N–H and O–H groups in total. The van der Waals surface area contributed by atoms with E-state index in [0.29, 0.717) is 19.4 Å². The molecule has 0 aliphatic heterocycles. The van der Waals surface area contributed by atoms with Crippen molar-refractivity contribution >= 4 is 11.9 Å². The minimum atomic E-state index is -0.869. The van der Waals surface area contributed by atoms with Crippen LogP contribution in [-0.4, -0.2) is 17.0 Å². The van der Waals surface area contributed by atoms with Crippen LogP contribution in [0.4, 0.5) is 0 Å². The third-order valence-electron chi connectivity index (χ3n) is 3.22. The van der Waals surface area contributed by atoms with Crippen molar-refractivity contribution in [1.29, 1.82) is 0 Å². The number of hydrogen-bond acceptors (Lipinski definition) is 3. The SMILES string of the molecule is O=C(O)[C@H]1CCC[C@H]1C(=O)NCc1ccoc1. The Morgan fingerprint density at radius 3 is 2.82 bits per heavy atom. The standard InChI is InChI=1S/C12H15NO4/c14-11(13-6-8-4-5-17-7-8)9-2-1-3-10(9)12(15)16/h4-5,7,9-10H,1-3,6H2,(H,13,14)(H,15,16)/t9-,10+/m1/s1. The summed E-state index contributed by atoms with van der Waals surface area (Å²) < 4.78 is 4.89. The van der Waals surface area contributed by atoms with Gasteiger partial charge in [-0.25, -0.2) is 0 Å². The van der Waals surface area contributed by atoms with Crippen LogP contribution in [0.25, 0.3) is 0 Å². The van der Waals surface area contributed by atoms with Crippen molar-refractivity contribution in [3.63, 3.8) is 0 Å². The number of carbonyl (C=O) groups is 2. The van der Waals surface area contributed by atoms with Crippen molar-refractivity contribution in [3.05, 3.63) is 24.2 Å². The maximum atomic E-state index is 11.9. The number of hydrogen-bond donors (Lipinski definition) is 2. The van der Waals surface area contributed by atoms with Crippen LogP contribution in [0.5, 0.6) is 0 Å². The molecule has 5 nitrogen and oxygen atoms in total. The van der Waals surface area contributed by atoms with E-state index in [1.807, 2.05) is 0 Å². The zero-order valence-electron chi connectivity index (χ0n) is 9.39.